The fraction of sp³-hybridized carbons (Fsp3) is 0.200. The number of carbonyl (C=O) groups is 1. The molecule has 0 unspecified atom stereocenters. The molecule has 3 aromatic rings. The summed E-state index contributed by atoms with van der Waals surface area (Å²) in [6.45, 7) is 2.00. The first-order chi connectivity index (χ1) is 12.4. The zero-order valence-corrected chi connectivity index (χ0v) is 15.2. The molecule has 5 nitrogen and oxygen atoms in total. The second-order valence-electron chi connectivity index (χ2n) is 6.11. The number of hydrogen-bond acceptors (Lipinski definition) is 4. The minimum absolute atomic E-state index is 0.0479. The molecule has 6 heteroatoms. The van der Waals surface area contributed by atoms with Gasteiger partial charge in [0, 0.05) is 17.5 Å². The molecule has 1 aromatic heterocycles. The number of rotatable bonds is 5. The standard InChI is InChI=1S/C20H18ClNO4/c1-20(25-2,14-7-5-8-15(21)11-14)12-22-18(23)16-10-13-6-3-4-9-17(13)26-19(16)24/h3-11H,12H2,1-2H3,(H,22,23)/t20-/m0/s1. The van der Waals surface area contributed by atoms with Crippen molar-refractivity contribution in [2.75, 3.05) is 13.7 Å². The van der Waals surface area contributed by atoms with E-state index in [9.17, 15) is 9.59 Å². The van der Waals surface area contributed by atoms with Crippen molar-refractivity contribution in [3.8, 4) is 0 Å². The Bertz CT molecular complexity index is 1010. The number of methoxy groups -OCH3 is 1. The van der Waals surface area contributed by atoms with Crippen LogP contribution in [-0.4, -0.2) is 19.6 Å². The van der Waals surface area contributed by atoms with E-state index in [-0.39, 0.29) is 12.1 Å². The molecule has 0 saturated heterocycles. The fourth-order valence-electron chi connectivity index (χ4n) is 2.67. The first-order valence-corrected chi connectivity index (χ1v) is 8.43. The Balaban J connectivity index is 1.83. The molecule has 0 aliphatic carbocycles. The molecule has 0 bridgehead atoms. The van der Waals surface area contributed by atoms with E-state index < -0.39 is 17.1 Å². The molecule has 134 valence electrons. The molecule has 0 fully saturated rings. The molecule has 0 aliphatic heterocycles. The lowest BCUT2D eigenvalue weighted by atomic mass is 9.95. The van der Waals surface area contributed by atoms with E-state index in [1.54, 1.807) is 37.4 Å². The quantitative estimate of drug-likeness (QED) is 0.694. The van der Waals surface area contributed by atoms with Gasteiger partial charge in [-0.25, -0.2) is 4.79 Å². The van der Waals surface area contributed by atoms with Crippen LogP contribution >= 0.6 is 11.6 Å². The summed E-state index contributed by atoms with van der Waals surface area (Å²) in [5, 5.41) is 4.01. The molecule has 1 atom stereocenters. The summed E-state index contributed by atoms with van der Waals surface area (Å²) in [5.41, 5.74) is -0.262. The Morgan fingerprint density at radius 3 is 2.69 bits per heavy atom. The van der Waals surface area contributed by atoms with Gasteiger partial charge in [-0.3, -0.25) is 4.79 Å². The number of hydrogen-bond donors (Lipinski definition) is 1. The van der Waals surface area contributed by atoms with Gasteiger partial charge in [0.1, 0.15) is 16.7 Å². The number of halogens is 1. The molecule has 1 heterocycles. The van der Waals surface area contributed by atoms with Gasteiger partial charge in [0.05, 0.1) is 6.54 Å². The van der Waals surface area contributed by atoms with Crippen LogP contribution in [-0.2, 0) is 10.3 Å². The number of carbonyl (C=O) groups excluding carboxylic acids is 1. The van der Waals surface area contributed by atoms with Crippen molar-refractivity contribution >= 4 is 28.5 Å². The Kier molecular flexibility index (Phi) is 5.11. The van der Waals surface area contributed by atoms with E-state index in [4.69, 9.17) is 20.8 Å². The highest BCUT2D eigenvalue weighted by molar-refractivity contribution is 6.30. The summed E-state index contributed by atoms with van der Waals surface area (Å²) in [7, 11) is 1.55. The van der Waals surface area contributed by atoms with E-state index in [0.29, 0.717) is 16.0 Å². The molecule has 1 N–H and O–H groups in total. The third kappa shape index (κ3) is 3.64. The van der Waals surface area contributed by atoms with Crippen LogP contribution in [0, 0.1) is 0 Å². The van der Waals surface area contributed by atoms with Crippen molar-refractivity contribution in [2.45, 2.75) is 12.5 Å². The highest BCUT2D eigenvalue weighted by Gasteiger charge is 2.28. The van der Waals surface area contributed by atoms with Crippen LogP contribution in [0.2, 0.25) is 5.02 Å². The van der Waals surface area contributed by atoms with Gasteiger partial charge in [-0.1, -0.05) is 41.9 Å². The van der Waals surface area contributed by atoms with Crippen molar-refractivity contribution in [3.63, 3.8) is 0 Å². The van der Waals surface area contributed by atoms with Crippen LogP contribution < -0.4 is 10.9 Å². The second kappa shape index (κ2) is 7.32. The fourth-order valence-corrected chi connectivity index (χ4v) is 2.86. The van der Waals surface area contributed by atoms with Gasteiger partial charge in [0.2, 0.25) is 0 Å². The maximum absolute atomic E-state index is 12.5. The molecular formula is C20H18ClNO4. The van der Waals surface area contributed by atoms with Crippen LogP contribution in [0.15, 0.2) is 63.8 Å². The summed E-state index contributed by atoms with van der Waals surface area (Å²) >= 11 is 6.05. The predicted molar refractivity (Wildman–Crippen MR) is 101 cm³/mol. The minimum Gasteiger partial charge on any atom is -0.422 e. The summed E-state index contributed by atoms with van der Waals surface area (Å²) in [5.74, 6) is -0.519. The van der Waals surface area contributed by atoms with E-state index in [1.165, 1.54) is 6.07 Å². The lowest BCUT2D eigenvalue weighted by Crippen LogP contribution is -2.41. The lowest BCUT2D eigenvalue weighted by Gasteiger charge is -2.29. The van der Waals surface area contributed by atoms with Crippen LogP contribution in [0.4, 0.5) is 0 Å². The SMILES string of the molecule is CO[C@@](C)(CNC(=O)c1cc2ccccc2oc1=O)c1cccc(Cl)c1. The molecule has 0 spiro atoms. The average Bonchev–Trinajstić information content (AvgIpc) is 2.65. The van der Waals surface area contributed by atoms with E-state index in [2.05, 4.69) is 5.32 Å². The maximum Gasteiger partial charge on any atom is 0.349 e. The van der Waals surface area contributed by atoms with Gasteiger partial charge in [0.15, 0.2) is 0 Å². The molecule has 0 saturated carbocycles. The Morgan fingerprint density at radius 2 is 1.96 bits per heavy atom. The van der Waals surface area contributed by atoms with Crippen molar-refractivity contribution in [3.05, 3.63) is 81.2 Å². The molecular weight excluding hydrogens is 354 g/mol. The smallest absolute Gasteiger partial charge is 0.349 e. The van der Waals surface area contributed by atoms with Gasteiger partial charge < -0.3 is 14.5 Å². The van der Waals surface area contributed by atoms with Gasteiger partial charge in [-0.2, -0.15) is 0 Å². The maximum atomic E-state index is 12.5. The van der Waals surface area contributed by atoms with E-state index in [0.717, 1.165) is 5.56 Å². The molecule has 0 aliphatic rings. The summed E-state index contributed by atoms with van der Waals surface area (Å²) in [4.78, 5) is 24.6. The molecule has 26 heavy (non-hydrogen) atoms. The number of ether oxygens (including phenoxy) is 1. The molecule has 3 rings (SSSR count). The van der Waals surface area contributed by atoms with Crippen molar-refractivity contribution in [1.82, 2.24) is 5.32 Å². The van der Waals surface area contributed by atoms with Crippen molar-refractivity contribution < 1.29 is 13.9 Å². The monoisotopic (exact) mass is 371 g/mol. The highest BCUT2D eigenvalue weighted by Crippen LogP contribution is 2.26. The normalized spacial score (nSPS) is 13.3. The van der Waals surface area contributed by atoms with Gasteiger partial charge >= 0.3 is 5.63 Å². The lowest BCUT2D eigenvalue weighted by molar-refractivity contribution is 0.00312. The van der Waals surface area contributed by atoms with Crippen LogP contribution in [0.1, 0.15) is 22.8 Å². The average molecular weight is 372 g/mol. The first kappa shape index (κ1) is 18.2. The van der Waals surface area contributed by atoms with E-state index >= 15 is 0 Å². The predicted octanol–water partition coefficient (Wildman–Crippen LogP) is 3.74. The topological polar surface area (TPSA) is 68.5 Å². The largest absolute Gasteiger partial charge is 0.422 e. The summed E-state index contributed by atoms with van der Waals surface area (Å²) in [6, 6.07) is 15.8. The molecule has 1 amide bonds. The number of benzene rings is 2. The second-order valence-corrected chi connectivity index (χ2v) is 6.55. The third-order valence-corrected chi connectivity index (χ3v) is 4.59. The zero-order chi connectivity index (χ0) is 18.7. The summed E-state index contributed by atoms with van der Waals surface area (Å²) < 4.78 is 10.8. The molecule has 2 aromatic carbocycles. The van der Waals surface area contributed by atoms with Gasteiger partial charge in [0.25, 0.3) is 5.91 Å². The Morgan fingerprint density at radius 1 is 1.19 bits per heavy atom. The minimum atomic E-state index is -0.794. The number of para-hydroxylation sites is 1. The van der Waals surface area contributed by atoms with Crippen molar-refractivity contribution in [1.29, 1.82) is 0 Å². The number of nitrogens with one attached hydrogen (secondary N) is 1. The Hall–Kier alpha value is -2.63. The summed E-state index contributed by atoms with van der Waals surface area (Å²) in [6.07, 6.45) is 0. The number of amides is 1. The molecule has 0 radical (unpaired) electrons. The van der Waals surface area contributed by atoms with Crippen LogP contribution in [0.25, 0.3) is 11.0 Å². The van der Waals surface area contributed by atoms with Gasteiger partial charge in [-0.05, 0) is 36.8 Å². The highest BCUT2D eigenvalue weighted by atomic mass is 35.5. The number of fused-ring (bicyclic) bond motifs is 1. The van der Waals surface area contributed by atoms with Crippen LogP contribution in [0.5, 0.6) is 0 Å². The third-order valence-electron chi connectivity index (χ3n) is 4.36. The van der Waals surface area contributed by atoms with Crippen LogP contribution in [0.3, 0.4) is 0 Å². The first-order valence-electron chi connectivity index (χ1n) is 8.05. The Labute approximate surface area is 155 Å². The van der Waals surface area contributed by atoms with E-state index in [1.807, 2.05) is 25.1 Å². The van der Waals surface area contributed by atoms with Crippen molar-refractivity contribution in [2.24, 2.45) is 0 Å². The van der Waals surface area contributed by atoms with Gasteiger partial charge in [-0.15, -0.1) is 0 Å². The zero-order valence-electron chi connectivity index (χ0n) is 14.4.